The van der Waals surface area contributed by atoms with Crippen LogP contribution in [0.2, 0.25) is 0 Å². The SMILES string of the molecule is CC(=O)N(C)C1(c2nnnn2-c2c(C)cccc2C)CCCCC1. The highest BCUT2D eigenvalue weighted by Crippen LogP contribution is 2.41. The van der Waals surface area contributed by atoms with E-state index in [1.807, 2.05) is 22.7 Å². The van der Waals surface area contributed by atoms with E-state index in [9.17, 15) is 4.79 Å². The summed E-state index contributed by atoms with van der Waals surface area (Å²) in [5.74, 6) is 0.824. The molecule has 2 aromatic rings. The average Bonchev–Trinajstić information content (AvgIpc) is 3.04. The van der Waals surface area contributed by atoms with Gasteiger partial charge in [-0.05, 0) is 48.2 Å². The standard InChI is InChI=1S/C18H25N5O/c1-13-9-8-10-14(2)16(13)23-17(19-20-21-23)18(22(4)15(3)24)11-6-5-7-12-18/h8-10H,5-7,11-12H2,1-4H3. The summed E-state index contributed by atoms with van der Waals surface area (Å²) < 4.78 is 1.84. The first kappa shape index (κ1) is 16.6. The van der Waals surface area contributed by atoms with Crippen molar-refractivity contribution in [2.24, 2.45) is 0 Å². The number of amides is 1. The maximum Gasteiger partial charge on any atom is 0.220 e. The van der Waals surface area contributed by atoms with E-state index in [1.165, 1.54) is 6.42 Å². The van der Waals surface area contributed by atoms with Crippen LogP contribution in [0.3, 0.4) is 0 Å². The van der Waals surface area contributed by atoms with Crippen LogP contribution in [0.5, 0.6) is 0 Å². The third-order valence-electron chi connectivity index (χ3n) is 5.33. The summed E-state index contributed by atoms with van der Waals surface area (Å²) in [6.45, 7) is 5.75. The molecule has 6 nitrogen and oxygen atoms in total. The number of aromatic nitrogens is 4. The monoisotopic (exact) mass is 327 g/mol. The van der Waals surface area contributed by atoms with Crippen LogP contribution in [0.1, 0.15) is 56.0 Å². The quantitative estimate of drug-likeness (QED) is 0.869. The molecule has 1 saturated carbocycles. The number of carbonyl (C=O) groups is 1. The highest BCUT2D eigenvalue weighted by Gasteiger charge is 2.44. The van der Waals surface area contributed by atoms with Crippen LogP contribution in [0.25, 0.3) is 5.69 Å². The van der Waals surface area contributed by atoms with E-state index in [0.717, 1.165) is 48.3 Å². The van der Waals surface area contributed by atoms with Gasteiger partial charge in [-0.2, -0.15) is 4.68 Å². The van der Waals surface area contributed by atoms with Crippen molar-refractivity contribution in [1.29, 1.82) is 0 Å². The normalized spacial score (nSPS) is 16.8. The Labute approximate surface area is 142 Å². The molecule has 128 valence electrons. The van der Waals surface area contributed by atoms with Crippen molar-refractivity contribution >= 4 is 5.91 Å². The molecule has 24 heavy (non-hydrogen) atoms. The smallest absolute Gasteiger partial charge is 0.220 e. The second-order valence-corrected chi connectivity index (χ2v) is 6.82. The van der Waals surface area contributed by atoms with E-state index in [2.05, 4.69) is 41.5 Å². The highest BCUT2D eigenvalue weighted by molar-refractivity contribution is 5.74. The molecular formula is C18H25N5O. The summed E-state index contributed by atoms with van der Waals surface area (Å²) in [4.78, 5) is 14.0. The molecule has 1 heterocycles. The van der Waals surface area contributed by atoms with Crippen LogP contribution >= 0.6 is 0 Å². The molecule has 0 N–H and O–H groups in total. The number of rotatable bonds is 3. The summed E-state index contributed by atoms with van der Waals surface area (Å²) in [6.07, 6.45) is 5.15. The Morgan fingerprint density at radius 1 is 1.17 bits per heavy atom. The van der Waals surface area contributed by atoms with Crippen molar-refractivity contribution in [3.05, 3.63) is 35.2 Å². The van der Waals surface area contributed by atoms with Gasteiger partial charge in [0.05, 0.1) is 5.69 Å². The van der Waals surface area contributed by atoms with Gasteiger partial charge in [0.1, 0.15) is 5.54 Å². The van der Waals surface area contributed by atoms with Crippen LogP contribution in [-0.2, 0) is 10.3 Å². The molecule has 0 atom stereocenters. The largest absolute Gasteiger partial charge is 0.333 e. The van der Waals surface area contributed by atoms with Crippen LogP contribution in [0, 0.1) is 13.8 Å². The molecule has 0 bridgehead atoms. The lowest BCUT2D eigenvalue weighted by molar-refractivity contribution is -0.135. The number of hydrogen-bond acceptors (Lipinski definition) is 4. The van der Waals surface area contributed by atoms with Crippen LogP contribution in [-0.4, -0.2) is 38.1 Å². The van der Waals surface area contributed by atoms with Crippen molar-refractivity contribution < 1.29 is 4.79 Å². The van der Waals surface area contributed by atoms with Crippen molar-refractivity contribution in [2.45, 2.75) is 58.4 Å². The van der Waals surface area contributed by atoms with Crippen LogP contribution < -0.4 is 0 Å². The van der Waals surface area contributed by atoms with Gasteiger partial charge in [-0.25, -0.2) is 0 Å². The summed E-state index contributed by atoms with van der Waals surface area (Å²) in [7, 11) is 1.87. The van der Waals surface area contributed by atoms with Crippen LogP contribution in [0.15, 0.2) is 18.2 Å². The fraction of sp³-hybridized carbons (Fsp3) is 0.556. The van der Waals surface area contributed by atoms with Gasteiger partial charge in [-0.1, -0.05) is 37.5 Å². The minimum atomic E-state index is -0.428. The molecule has 1 fully saturated rings. The number of aryl methyl sites for hydroxylation is 2. The number of carbonyl (C=O) groups excluding carboxylic acids is 1. The number of nitrogens with zero attached hydrogens (tertiary/aromatic N) is 5. The zero-order valence-corrected chi connectivity index (χ0v) is 14.9. The molecule has 1 amide bonds. The molecule has 1 aromatic carbocycles. The Hall–Kier alpha value is -2.24. The predicted octanol–water partition coefficient (Wildman–Crippen LogP) is 2.92. The fourth-order valence-electron chi connectivity index (χ4n) is 3.91. The molecule has 0 saturated heterocycles. The average molecular weight is 327 g/mol. The summed E-state index contributed by atoms with van der Waals surface area (Å²) >= 11 is 0. The van der Waals surface area contributed by atoms with Crippen molar-refractivity contribution in [3.8, 4) is 5.69 Å². The second kappa shape index (κ2) is 6.34. The molecule has 0 aliphatic heterocycles. The number of benzene rings is 1. The Bertz CT molecular complexity index is 725. The topological polar surface area (TPSA) is 63.9 Å². The number of para-hydroxylation sites is 1. The number of tetrazole rings is 1. The van der Waals surface area contributed by atoms with Gasteiger partial charge in [-0.3, -0.25) is 4.79 Å². The van der Waals surface area contributed by atoms with Crippen molar-refractivity contribution in [3.63, 3.8) is 0 Å². The third kappa shape index (κ3) is 2.60. The molecule has 6 heteroatoms. The molecule has 0 unspecified atom stereocenters. The maximum absolute atomic E-state index is 12.2. The minimum absolute atomic E-state index is 0.0490. The zero-order chi connectivity index (χ0) is 17.3. The van der Waals surface area contributed by atoms with E-state index in [1.54, 1.807) is 6.92 Å². The van der Waals surface area contributed by atoms with Gasteiger partial charge in [-0.15, -0.1) is 5.10 Å². The third-order valence-corrected chi connectivity index (χ3v) is 5.33. The summed E-state index contributed by atoms with van der Waals surface area (Å²) in [5, 5.41) is 12.6. The molecular weight excluding hydrogens is 302 g/mol. The number of hydrogen-bond donors (Lipinski definition) is 0. The lowest BCUT2D eigenvalue weighted by Gasteiger charge is -2.43. The van der Waals surface area contributed by atoms with E-state index in [4.69, 9.17) is 0 Å². The molecule has 3 rings (SSSR count). The maximum atomic E-state index is 12.2. The molecule has 1 aliphatic rings. The summed E-state index contributed by atoms with van der Waals surface area (Å²) in [6, 6.07) is 6.17. The second-order valence-electron chi connectivity index (χ2n) is 6.82. The van der Waals surface area contributed by atoms with Crippen LogP contribution in [0.4, 0.5) is 0 Å². The lowest BCUT2D eigenvalue weighted by atomic mass is 9.79. The molecule has 0 radical (unpaired) electrons. The Morgan fingerprint density at radius 2 is 1.79 bits per heavy atom. The first-order valence-corrected chi connectivity index (χ1v) is 8.57. The zero-order valence-electron chi connectivity index (χ0n) is 14.9. The summed E-state index contributed by atoms with van der Waals surface area (Å²) in [5.41, 5.74) is 2.84. The van der Waals surface area contributed by atoms with E-state index in [0.29, 0.717) is 0 Å². The van der Waals surface area contributed by atoms with Gasteiger partial charge in [0.2, 0.25) is 5.91 Å². The van der Waals surface area contributed by atoms with Gasteiger partial charge in [0, 0.05) is 14.0 Å². The first-order chi connectivity index (χ1) is 11.5. The van der Waals surface area contributed by atoms with Gasteiger partial charge in [0.25, 0.3) is 0 Å². The van der Waals surface area contributed by atoms with Gasteiger partial charge < -0.3 is 4.90 Å². The van der Waals surface area contributed by atoms with Crippen molar-refractivity contribution in [1.82, 2.24) is 25.1 Å². The fourth-order valence-corrected chi connectivity index (χ4v) is 3.91. The van der Waals surface area contributed by atoms with Gasteiger partial charge in [0.15, 0.2) is 5.82 Å². The first-order valence-electron chi connectivity index (χ1n) is 8.57. The lowest BCUT2D eigenvalue weighted by Crippen LogP contribution is -2.49. The molecule has 1 aromatic heterocycles. The van der Waals surface area contributed by atoms with Crippen molar-refractivity contribution in [2.75, 3.05) is 7.05 Å². The van der Waals surface area contributed by atoms with E-state index < -0.39 is 5.54 Å². The Kier molecular flexibility index (Phi) is 4.39. The molecule has 1 aliphatic carbocycles. The Morgan fingerprint density at radius 3 is 2.38 bits per heavy atom. The minimum Gasteiger partial charge on any atom is -0.333 e. The predicted molar refractivity (Wildman–Crippen MR) is 91.8 cm³/mol. The van der Waals surface area contributed by atoms with Gasteiger partial charge >= 0.3 is 0 Å². The molecule has 0 spiro atoms. The Balaban J connectivity index is 2.18. The van der Waals surface area contributed by atoms with E-state index >= 15 is 0 Å². The van der Waals surface area contributed by atoms with E-state index in [-0.39, 0.29) is 5.91 Å². The highest BCUT2D eigenvalue weighted by atomic mass is 16.2.